The van der Waals surface area contributed by atoms with Gasteiger partial charge in [-0.15, -0.1) is 0 Å². The number of rotatable bonds is 14. The molecule has 0 aromatic heterocycles. The molecule has 232 valence electrons. The molecule has 0 saturated carbocycles. The summed E-state index contributed by atoms with van der Waals surface area (Å²) in [6, 6.07) is 17.7. The number of benzene rings is 3. The molecule has 0 bridgehead atoms. The largest absolute Gasteiger partial charge is 0.416 e. The lowest BCUT2D eigenvalue weighted by Crippen LogP contribution is -2.50. The average molecular weight is 622 g/mol. The first kappa shape index (κ1) is 33.6. The van der Waals surface area contributed by atoms with E-state index in [9.17, 15) is 35.6 Å². The number of halogens is 4. The molecule has 1 N–H and O–H groups in total. The lowest BCUT2D eigenvalue weighted by Gasteiger charge is -2.32. The van der Waals surface area contributed by atoms with Gasteiger partial charge in [0.2, 0.25) is 21.8 Å². The minimum atomic E-state index is -4.66. The van der Waals surface area contributed by atoms with Gasteiger partial charge in [0.05, 0.1) is 17.5 Å². The third-order valence-corrected chi connectivity index (χ3v) is 7.89. The van der Waals surface area contributed by atoms with Crippen LogP contribution in [0.25, 0.3) is 0 Å². The van der Waals surface area contributed by atoms with Gasteiger partial charge in [-0.2, -0.15) is 13.2 Å². The van der Waals surface area contributed by atoms with E-state index in [4.69, 9.17) is 0 Å². The van der Waals surface area contributed by atoms with Crippen LogP contribution in [0.3, 0.4) is 0 Å². The third-order valence-electron chi connectivity index (χ3n) is 6.70. The monoisotopic (exact) mass is 621 g/mol. The van der Waals surface area contributed by atoms with Gasteiger partial charge in [-0.05, 0) is 54.3 Å². The predicted octanol–water partition coefficient (Wildman–Crippen LogP) is 5.56. The summed E-state index contributed by atoms with van der Waals surface area (Å²) in [7, 11) is -3.99. The zero-order valence-corrected chi connectivity index (χ0v) is 24.8. The highest BCUT2D eigenvalue weighted by Crippen LogP contribution is 2.32. The first-order valence-electron chi connectivity index (χ1n) is 13.8. The van der Waals surface area contributed by atoms with Crippen molar-refractivity contribution in [1.82, 2.24) is 10.2 Å². The van der Waals surface area contributed by atoms with Crippen molar-refractivity contribution in [3.8, 4) is 0 Å². The molecule has 43 heavy (non-hydrogen) atoms. The quantitative estimate of drug-likeness (QED) is 0.239. The van der Waals surface area contributed by atoms with Crippen LogP contribution in [0.5, 0.6) is 0 Å². The second-order valence-electron chi connectivity index (χ2n) is 10.1. The van der Waals surface area contributed by atoms with Crippen LogP contribution in [-0.2, 0) is 38.8 Å². The Morgan fingerprint density at radius 1 is 0.930 bits per heavy atom. The van der Waals surface area contributed by atoms with E-state index in [2.05, 4.69) is 5.32 Å². The fraction of sp³-hybridized carbons (Fsp3) is 0.355. The summed E-state index contributed by atoms with van der Waals surface area (Å²) in [5, 5.41) is 2.84. The molecule has 0 radical (unpaired) electrons. The Balaban J connectivity index is 1.88. The van der Waals surface area contributed by atoms with E-state index < -0.39 is 39.5 Å². The van der Waals surface area contributed by atoms with Crippen LogP contribution in [0.15, 0.2) is 78.9 Å². The number of sulfonamides is 1. The molecule has 12 heteroatoms. The second kappa shape index (κ2) is 15.0. The van der Waals surface area contributed by atoms with E-state index in [1.54, 1.807) is 0 Å². The summed E-state index contributed by atoms with van der Waals surface area (Å²) < 4.78 is 79.3. The molecule has 0 aliphatic rings. The molecular formula is C31H35F4N3O4S. The molecule has 2 amide bonds. The highest BCUT2D eigenvalue weighted by Gasteiger charge is 2.32. The van der Waals surface area contributed by atoms with E-state index in [1.165, 1.54) is 35.2 Å². The Labute approximate surface area is 249 Å². The van der Waals surface area contributed by atoms with Crippen LogP contribution in [0.1, 0.15) is 42.9 Å². The molecular weight excluding hydrogens is 586 g/mol. The minimum absolute atomic E-state index is 0.0143. The van der Waals surface area contributed by atoms with Gasteiger partial charge in [-0.25, -0.2) is 12.8 Å². The third kappa shape index (κ3) is 10.1. The normalized spacial score (nSPS) is 12.4. The topological polar surface area (TPSA) is 86.8 Å². The Bertz CT molecular complexity index is 1470. The van der Waals surface area contributed by atoms with Crippen molar-refractivity contribution >= 4 is 27.5 Å². The number of carbonyl (C=O) groups is 2. The Kier molecular flexibility index (Phi) is 11.7. The number of anilines is 1. The van der Waals surface area contributed by atoms with Gasteiger partial charge in [0, 0.05) is 32.5 Å². The lowest BCUT2D eigenvalue weighted by molar-refractivity contribution is -0.141. The fourth-order valence-electron chi connectivity index (χ4n) is 4.55. The smallest absolute Gasteiger partial charge is 0.354 e. The Hall–Kier alpha value is -3.93. The maximum atomic E-state index is 13.7. The van der Waals surface area contributed by atoms with Gasteiger partial charge in [0.25, 0.3) is 0 Å². The van der Waals surface area contributed by atoms with Crippen LogP contribution in [0.2, 0.25) is 0 Å². The zero-order chi connectivity index (χ0) is 31.6. The van der Waals surface area contributed by atoms with Crippen LogP contribution in [-0.4, -0.2) is 50.5 Å². The number of carbonyl (C=O) groups excluding carboxylic acids is 2. The summed E-state index contributed by atoms with van der Waals surface area (Å²) in [5.41, 5.74) is 0.220. The van der Waals surface area contributed by atoms with Crippen molar-refractivity contribution in [2.45, 2.75) is 51.4 Å². The number of nitrogens with zero attached hydrogens (tertiary/aromatic N) is 2. The molecule has 0 unspecified atom stereocenters. The highest BCUT2D eigenvalue weighted by molar-refractivity contribution is 7.92. The van der Waals surface area contributed by atoms with Gasteiger partial charge in [-0.3, -0.25) is 13.9 Å². The maximum Gasteiger partial charge on any atom is 0.416 e. The zero-order valence-electron chi connectivity index (χ0n) is 24.0. The van der Waals surface area contributed by atoms with E-state index in [0.29, 0.717) is 18.5 Å². The summed E-state index contributed by atoms with van der Waals surface area (Å²) in [4.78, 5) is 28.5. The first-order chi connectivity index (χ1) is 20.3. The molecule has 1 atom stereocenters. The lowest BCUT2D eigenvalue weighted by atomic mass is 10.0. The molecule has 7 nitrogen and oxygen atoms in total. The van der Waals surface area contributed by atoms with Gasteiger partial charge in [-0.1, -0.05) is 55.5 Å². The number of hydrogen-bond donors (Lipinski definition) is 1. The average Bonchev–Trinajstić information content (AvgIpc) is 2.96. The number of nitrogens with one attached hydrogen (secondary N) is 1. The van der Waals surface area contributed by atoms with Crippen molar-refractivity contribution in [2.24, 2.45) is 0 Å². The van der Waals surface area contributed by atoms with E-state index in [-0.39, 0.29) is 43.9 Å². The second-order valence-corrected chi connectivity index (χ2v) is 12.0. The molecule has 3 aromatic rings. The van der Waals surface area contributed by atoms with Crippen LogP contribution < -0.4 is 9.62 Å². The molecule has 3 rings (SSSR count). The van der Waals surface area contributed by atoms with Gasteiger partial charge >= 0.3 is 6.18 Å². The Morgan fingerprint density at radius 2 is 1.60 bits per heavy atom. The standard InChI is InChI=1S/C31H35F4N3O4S/c1-3-18-36-30(40)28(20-23-9-5-4-6-10-23)37(22-24-14-16-26(32)17-15-24)29(39)13-8-19-38(43(2,41)42)27-12-7-11-25(21-27)31(33,34)35/h4-7,9-12,14-17,21,28H,3,8,13,18-20,22H2,1-2H3,(H,36,40)/t28-/m1/s1. The van der Waals surface area contributed by atoms with Crippen molar-refractivity contribution in [3.05, 3.63) is 101 Å². The maximum absolute atomic E-state index is 13.7. The fourth-order valence-corrected chi connectivity index (χ4v) is 5.51. The number of amides is 2. The van der Waals surface area contributed by atoms with Crippen LogP contribution >= 0.6 is 0 Å². The minimum Gasteiger partial charge on any atom is -0.354 e. The van der Waals surface area contributed by atoms with Crippen LogP contribution in [0.4, 0.5) is 23.2 Å². The first-order valence-corrected chi connectivity index (χ1v) is 15.6. The molecule has 0 fully saturated rings. The highest BCUT2D eigenvalue weighted by atomic mass is 32.2. The predicted molar refractivity (Wildman–Crippen MR) is 157 cm³/mol. The SMILES string of the molecule is CCCNC(=O)[C@@H](Cc1ccccc1)N(Cc1ccc(F)cc1)C(=O)CCCN(c1cccc(C(F)(F)F)c1)S(C)(=O)=O. The van der Waals surface area contributed by atoms with Gasteiger partial charge in [0.1, 0.15) is 11.9 Å². The molecule has 3 aromatic carbocycles. The van der Waals surface area contributed by atoms with Gasteiger partial charge in [0.15, 0.2) is 0 Å². The summed E-state index contributed by atoms with van der Waals surface area (Å²) in [5.74, 6) is -1.30. The van der Waals surface area contributed by atoms with E-state index in [1.807, 2.05) is 37.3 Å². The van der Waals surface area contributed by atoms with Gasteiger partial charge < -0.3 is 10.2 Å². The molecule has 0 saturated heterocycles. The van der Waals surface area contributed by atoms with Crippen molar-refractivity contribution in [1.29, 1.82) is 0 Å². The van der Waals surface area contributed by atoms with E-state index >= 15 is 0 Å². The van der Waals surface area contributed by atoms with Crippen molar-refractivity contribution < 1.29 is 35.6 Å². The van der Waals surface area contributed by atoms with Crippen LogP contribution in [0, 0.1) is 5.82 Å². The van der Waals surface area contributed by atoms with E-state index in [0.717, 1.165) is 34.3 Å². The summed E-state index contributed by atoms with van der Waals surface area (Å²) >= 11 is 0. The van der Waals surface area contributed by atoms with Crippen molar-refractivity contribution in [2.75, 3.05) is 23.7 Å². The molecule has 0 heterocycles. The molecule has 0 aliphatic carbocycles. The summed E-state index contributed by atoms with van der Waals surface area (Å²) in [6.45, 7) is 2.01. The number of alkyl halides is 3. The molecule has 0 aliphatic heterocycles. The Morgan fingerprint density at radius 3 is 2.21 bits per heavy atom. The molecule has 0 spiro atoms. The van der Waals surface area contributed by atoms with Crippen molar-refractivity contribution in [3.63, 3.8) is 0 Å². The number of hydrogen-bond acceptors (Lipinski definition) is 4. The summed E-state index contributed by atoms with van der Waals surface area (Å²) in [6.07, 6.45) is -3.14.